The number of aromatic nitrogens is 1. The van der Waals surface area contributed by atoms with Crippen molar-refractivity contribution < 1.29 is 14.3 Å². The molecule has 1 rings (SSSR count). The van der Waals surface area contributed by atoms with Crippen LogP contribution >= 0.6 is 0 Å². The van der Waals surface area contributed by atoms with Crippen LogP contribution in [0, 0.1) is 11.3 Å². The molecule has 0 aliphatic heterocycles. The quantitative estimate of drug-likeness (QED) is 0.638. The van der Waals surface area contributed by atoms with Gasteiger partial charge in [-0.25, -0.2) is 4.98 Å². The maximum atomic E-state index is 11.5. The molecule has 0 fully saturated rings. The standard InChI is InChI=1S/C11H12N4O3/c12-5-8-1-2-9(15-6-8)11(17)14-3-4-18-7-10(13)16/h1-2,6H,3-4,7H2,(H2,13,16)(H,14,17). The molecule has 2 amide bonds. The average Bonchev–Trinajstić information content (AvgIpc) is 2.38. The van der Waals surface area contributed by atoms with Crippen LogP contribution in [0.2, 0.25) is 0 Å². The van der Waals surface area contributed by atoms with Crippen molar-refractivity contribution in [3.05, 3.63) is 29.6 Å². The Kier molecular flexibility index (Phi) is 5.28. The first-order chi connectivity index (χ1) is 8.63. The highest BCUT2D eigenvalue weighted by atomic mass is 16.5. The second-order valence-electron chi connectivity index (χ2n) is 3.32. The lowest BCUT2D eigenvalue weighted by Crippen LogP contribution is -2.29. The molecule has 0 aliphatic carbocycles. The Hall–Kier alpha value is -2.46. The van der Waals surface area contributed by atoms with Crippen molar-refractivity contribution in [3.8, 4) is 6.07 Å². The summed E-state index contributed by atoms with van der Waals surface area (Å²) in [5.41, 5.74) is 5.46. The molecule has 18 heavy (non-hydrogen) atoms. The van der Waals surface area contributed by atoms with Crippen LogP contribution in [0.15, 0.2) is 18.3 Å². The molecule has 3 N–H and O–H groups in total. The number of carbonyl (C=O) groups excluding carboxylic acids is 2. The first-order valence-corrected chi connectivity index (χ1v) is 5.14. The molecule has 0 radical (unpaired) electrons. The molecule has 0 saturated heterocycles. The zero-order valence-electron chi connectivity index (χ0n) is 9.55. The Bertz CT molecular complexity index is 464. The molecule has 94 valence electrons. The van der Waals surface area contributed by atoms with E-state index in [2.05, 4.69) is 10.3 Å². The molecule has 0 saturated carbocycles. The lowest BCUT2D eigenvalue weighted by Gasteiger charge is -2.04. The minimum atomic E-state index is -0.560. The number of nitrogens with zero attached hydrogens (tertiary/aromatic N) is 2. The fourth-order valence-corrected chi connectivity index (χ4v) is 1.09. The van der Waals surface area contributed by atoms with E-state index in [0.717, 1.165) is 0 Å². The van der Waals surface area contributed by atoms with Gasteiger partial charge in [0, 0.05) is 12.7 Å². The lowest BCUT2D eigenvalue weighted by molar-refractivity contribution is -0.122. The Balaban J connectivity index is 2.32. The number of hydrogen-bond donors (Lipinski definition) is 2. The number of ether oxygens (including phenoxy) is 1. The molecule has 0 unspecified atom stereocenters. The number of primary amides is 1. The van der Waals surface area contributed by atoms with Gasteiger partial charge in [-0.05, 0) is 12.1 Å². The van der Waals surface area contributed by atoms with E-state index in [4.69, 9.17) is 15.7 Å². The summed E-state index contributed by atoms with van der Waals surface area (Å²) in [6, 6.07) is 4.87. The number of nitrogens with two attached hydrogens (primary N) is 1. The van der Waals surface area contributed by atoms with Crippen molar-refractivity contribution in [1.82, 2.24) is 10.3 Å². The van der Waals surface area contributed by atoms with E-state index >= 15 is 0 Å². The molecule has 7 nitrogen and oxygen atoms in total. The maximum Gasteiger partial charge on any atom is 0.269 e. The number of amides is 2. The molecule has 1 heterocycles. The number of nitrogens with one attached hydrogen (secondary N) is 1. The van der Waals surface area contributed by atoms with Crippen molar-refractivity contribution in [2.75, 3.05) is 19.8 Å². The van der Waals surface area contributed by atoms with E-state index in [1.165, 1.54) is 18.3 Å². The highest BCUT2D eigenvalue weighted by Crippen LogP contribution is 1.98. The van der Waals surface area contributed by atoms with Crippen molar-refractivity contribution >= 4 is 11.8 Å². The number of nitriles is 1. The highest BCUT2D eigenvalue weighted by Gasteiger charge is 2.06. The lowest BCUT2D eigenvalue weighted by atomic mass is 10.2. The normalized spacial score (nSPS) is 9.50. The monoisotopic (exact) mass is 248 g/mol. The summed E-state index contributed by atoms with van der Waals surface area (Å²) in [6.07, 6.45) is 1.32. The van der Waals surface area contributed by atoms with Crippen LogP contribution in [0.1, 0.15) is 16.1 Å². The van der Waals surface area contributed by atoms with Gasteiger partial charge in [0.05, 0.1) is 12.2 Å². The van der Waals surface area contributed by atoms with Crippen LogP contribution in [-0.4, -0.2) is 36.6 Å². The van der Waals surface area contributed by atoms with Gasteiger partial charge in [-0.1, -0.05) is 0 Å². The smallest absolute Gasteiger partial charge is 0.269 e. The van der Waals surface area contributed by atoms with E-state index < -0.39 is 5.91 Å². The summed E-state index contributed by atoms with van der Waals surface area (Å²) in [6.45, 7) is 0.254. The van der Waals surface area contributed by atoms with Crippen molar-refractivity contribution in [1.29, 1.82) is 5.26 Å². The minimum absolute atomic E-state index is 0.176. The summed E-state index contributed by atoms with van der Waals surface area (Å²) < 4.78 is 4.87. The van der Waals surface area contributed by atoms with E-state index in [9.17, 15) is 9.59 Å². The second-order valence-corrected chi connectivity index (χ2v) is 3.32. The molecule has 0 aromatic carbocycles. The Labute approximate surface area is 104 Å². The Morgan fingerprint density at radius 1 is 1.50 bits per heavy atom. The molecule has 0 atom stereocenters. The summed E-state index contributed by atoms with van der Waals surface area (Å²) in [5, 5.41) is 11.1. The summed E-state index contributed by atoms with van der Waals surface area (Å²) in [4.78, 5) is 25.7. The number of rotatable bonds is 6. The van der Waals surface area contributed by atoms with Gasteiger partial charge in [0.2, 0.25) is 5.91 Å². The van der Waals surface area contributed by atoms with Gasteiger partial charge < -0.3 is 15.8 Å². The van der Waals surface area contributed by atoms with Gasteiger partial charge in [-0.3, -0.25) is 9.59 Å². The topological polar surface area (TPSA) is 118 Å². The Morgan fingerprint density at radius 2 is 2.28 bits per heavy atom. The van der Waals surface area contributed by atoms with Gasteiger partial charge in [-0.2, -0.15) is 5.26 Å². The van der Waals surface area contributed by atoms with Gasteiger partial charge in [0.1, 0.15) is 18.4 Å². The third kappa shape index (κ3) is 4.59. The SMILES string of the molecule is N#Cc1ccc(C(=O)NCCOCC(N)=O)nc1. The van der Waals surface area contributed by atoms with Gasteiger partial charge >= 0.3 is 0 Å². The van der Waals surface area contributed by atoms with E-state index in [1.807, 2.05) is 6.07 Å². The van der Waals surface area contributed by atoms with Crippen LogP contribution in [0.4, 0.5) is 0 Å². The van der Waals surface area contributed by atoms with Gasteiger partial charge in [-0.15, -0.1) is 0 Å². The zero-order chi connectivity index (χ0) is 13.4. The molecular formula is C11H12N4O3. The van der Waals surface area contributed by atoms with Crippen LogP contribution in [0.5, 0.6) is 0 Å². The van der Waals surface area contributed by atoms with Crippen LogP contribution in [0.25, 0.3) is 0 Å². The van der Waals surface area contributed by atoms with Crippen LogP contribution in [-0.2, 0) is 9.53 Å². The molecule has 0 bridgehead atoms. The third-order valence-electron chi connectivity index (χ3n) is 1.90. The van der Waals surface area contributed by atoms with E-state index in [1.54, 1.807) is 0 Å². The zero-order valence-corrected chi connectivity index (χ0v) is 9.55. The summed E-state index contributed by atoms with van der Waals surface area (Å²) >= 11 is 0. The van der Waals surface area contributed by atoms with Gasteiger partial charge in [0.25, 0.3) is 5.91 Å². The van der Waals surface area contributed by atoms with Crippen molar-refractivity contribution in [3.63, 3.8) is 0 Å². The largest absolute Gasteiger partial charge is 0.370 e. The molecule has 0 spiro atoms. The second kappa shape index (κ2) is 6.98. The van der Waals surface area contributed by atoms with Gasteiger partial charge in [0.15, 0.2) is 0 Å². The summed E-state index contributed by atoms with van der Waals surface area (Å²) in [5.74, 6) is -0.933. The van der Waals surface area contributed by atoms with E-state index in [0.29, 0.717) is 5.56 Å². The maximum absolute atomic E-state index is 11.5. The minimum Gasteiger partial charge on any atom is -0.370 e. The number of hydrogen-bond acceptors (Lipinski definition) is 5. The first-order valence-electron chi connectivity index (χ1n) is 5.14. The Morgan fingerprint density at radius 3 is 2.83 bits per heavy atom. The average molecular weight is 248 g/mol. The molecule has 1 aromatic heterocycles. The first kappa shape index (κ1) is 13.6. The van der Waals surface area contributed by atoms with E-state index in [-0.39, 0.29) is 31.4 Å². The predicted molar refractivity (Wildman–Crippen MR) is 61.3 cm³/mol. The van der Waals surface area contributed by atoms with Crippen molar-refractivity contribution in [2.24, 2.45) is 5.73 Å². The summed E-state index contributed by atoms with van der Waals surface area (Å²) in [7, 11) is 0. The highest BCUT2D eigenvalue weighted by molar-refractivity contribution is 5.92. The molecule has 0 aliphatic rings. The fraction of sp³-hybridized carbons (Fsp3) is 0.273. The van der Waals surface area contributed by atoms with Crippen molar-refractivity contribution in [2.45, 2.75) is 0 Å². The third-order valence-corrected chi connectivity index (χ3v) is 1.90. The van der Waals surface area contributed by atoms with Crippen LogP contribution in [0.3, 0.4) is 0 Å². The number of pyridine rings is 1. The molecule has 1 aromatic rings. The number of carbonyl (C=O) groups is 2. The van der Waals surface area contributed by atoms with Crippen LogP contribution < -0.4 is 11.1 Å². The molecule has 7 heteroatoms. The fourth-order valence-electron chi connectivity index (χ4n) is 1.09. The predicted octanol–water partition coefficient (Wildman–Crippen LogP) is -0.815. The molecular weight excluding hydrogens is 236 g/mol.